The van der Waals surface area contributed by atoms with E-state index in [1.54, 1.807) is 26.0 Å². The molecule has 0 saturated carbocycles. The number of carbonyl (C=O) groups is 1. The van der Waals surface area contributed by atoms with Gasteiger partial charge in [-0.05, 0) is 17.5 Å². The Morgan fingerprint density at radius 3 is 2.53 bits per heavy atom. The van der Waals surface area contributed by atoms with Crippen molar-refractivity contribution in [2.75, 3.05) is 0 Å². The Hall–Kier alpha value is -1.43. The highest BCUT2D eigenvalue weighted by molar-refractivity contribution is 7.92. The van der Waals surface area contributed by atoms with Crippen LogP contribution in [-0.2, 0) is 20.4 Å². The van der Waals surface area contributed by atoms with Crippen LogP contribution in [0.4, 0.5) is 0 Å². The molecule has 1 heterocycles. The second-order valence-corrected chi connectivity index (χ2v) is 6.29. The Morgan fingerprint density at radius 2 is 2.12 bits per heavy atom. The zero-order valence-corrected chi connectivity index (χ0v) is 10.5. The molecule has 0 aromatic carbocycles. The highest BCUT2D eigenvalue weighted by Crippen LogP contribution is 2.17. The number of hydrogen-bond donors (Lipinski definition) is 1. The molecule has 0 fully saturated rings. The van der Waals surface area contributed by atoms with Crippen molar-refractivity contribution < 1.29 is 18.3 Å². The van der Waals surface area contributed by atoms with Crippen molar-refractivity contribution >= 4 is 15.8 Å². The van der Waals surface area contributed by atoms with Gasteiger partial charge >= 0.3 is 5.97 Å². The van der Waals surface area contributed by atoms with Gasteiger partial charge in [-0.1, -0.05) is 19.9 Å². The molecule has 1 aromatic rings. The zero-order valence-electron chi connectivity index (χ0n) is 9.70. The lowest BCUT2D eigenvalue weighted by atomic mass is 10.1. The second kappa shape index (κ2) is 5.27. The molecule has 1 aromatic heterocycles. The van der Waals surface area contributed by atoms with Gasteiger partial charge in [-0.2, -0.15) is 0 Å². The zero-order chi connectivity index (χ0) is 13.1. The normalized spacial score (nSPS) is 13.6. The molecule has 1 N–H and O–H groups in total. The summed E-state index contributed by atoms with van der Waals surface area (Å²) in [5.74, 6) is -2.06. The third-order valence-corrected chi connectivity index (χ3v) is 4.58. The van der Waals surface area contributed by atoms with Crippen LogP contribution in [0, 0.1) is 5.92 Å². The van der Waals surface area contributed by atoms with Crippen LogP contribution in [-0.4, -0.2) is 29.7 Å². The summed E-state index contributed by atoms with van der Waals surface area (Å²) in [6.45, 7) is 3.17. The van der Waals surface area contributed by atoms with Crippen molar-refractivity contribution in [3.63, 3.8) is 0 Å². The molecule has 17 heavy (non-hydrogen) atoms. The number of carboxylic acid groups (broad SMARTS) is 1. The lowest BCUT2D eigenvalue weighted by Crippen LogP contribution is -2.35. The number of hydrogen-bond acceptors (Lipinski definition) is 4. The van der Waals surface area contributed by atoms with Gasteiger partial charge in [0, 0.05) is 12.4 Å². The summed E-state index contributed by atoms with van der Waals surface area (Å²) in [6.07, 6.45) is 2.96. The molecular weight excluding hydrogens is 242 g/mol. The Morgan fingerprint density at radius 1 is 1.47 bits per heavy atom. The molecular formula is C11H15NO4S. The van der Waals surface area contributed by atoms with Gasteiger partial charge in [-0.3, -0.25) is 9.78 Å². The lowest BCUT2D eigenvalue weighted by Gasteiger charge is -2.16. The number of nitrogens with zero attached hydrogens (tertiary/aromatic N) is 1. The van der Waals surface area contributed by atoms with Gasteiger partial charge in [0.2, 0.25) is 0 Å². The SMILES string of the molecule is CC(C)C(C(=O)O)S(=O)(=O)Cc1cccnc1. The summed E-state index contributed by atoms with van der Waals surface area (Å²) in [4.78, 5) is 14.8. The molecule has 5 nitrogen and oxygen atoms in total. The van der Waals surface area contributed by atoms with Crippen LogP contribution >= 0.6 is 0 Å². The predicted octanol–water partition coefficient (Wildman–Crippen LogP) is 1.11. The van der Waals surface area contributed by atoms with Gasteiger partial charge in [-0.15, -0.1) is 0 Å². The summed E-state index contributed by atoms with van der Waals surface area (Å²) in [6, 6.07) is 3.24. The summed E-state index contributed by atoms with van der Waals surface area (Å²) >= 11 is 0. The van der Waals surface area contributed by atoms with E-state index in [9.17, 15) is 13.2 Å². The van der Waals surface area contributed by atoms with Gasteiger partial charge in [0.15, 0.2) is 15.1 Å². The first-order chi connectivity index (χ1) is 7.84. The third kappa shape index (κ3) is 3.52. The predicted molar refractivity (Wildman–Crippen MR) is 63.1 cm³/mol. The van der Waals surface area contributed by atoms with E-state index in [1.807, 2.05) is 0 Å². The maximum atomic E-state index is 12.0. The molecule has 0 bridgehead atoms. The van der Waals surface area contributed by atoms with Crippen molar-refractivity contribution in [1.29, 1.82) is 0 Å². The highest BCUT2D eigenvalue weighted by Gasteiger charge is 2.35. The van der Waals surface area contributed by atoms with Crippen LogP contribution in [0.2, 0.25) is 0 Å². The van der Waals surface area contributed by atoms with E-state index < -0.39 is 27.0 Å². The summed E-state index contributed by atoms with van der Waals surface area (Å²) < 4.78 is 23.9. The average Bonchev–Trinajstić information content (AvgIpc) is 2.15. The van der Waals surface area contributed by atoms with E-state index >= 15 is 0 Å². The Bertz CT molecular complexity index is 481. The van der Waals surface area contributed by atoms with Crippen molar-refractivity contribution in [3.05, 3.63) is 30.1 Å². The fraction of sp³-hybridized carbons (Fsp3) is 0.455. The topological polar surface area (TPSA) is 84.3 Å². The molecule has 0 amide bonds. The molecule has 0 aliphatic carbocycles. The van der Waals surface area contributed by atoms with Crippen molar-refractivity contribution in [2.45, 2.75) is 24.9 Å². The van der Waals surface area contributed by atoms with Crippen LogP contribution in [0.15, 0.2) is 24.5 Å². The fourth-order valence-corrected chi connectivity index (χ4v) is 3.61. The van der Waals surface area contributed by atoms with Gasteiger partial charge in [0.25, 0.3) is 0 Å². The minimum absolute atomic E-state index is 0.296. The van der Waals surface area contributed by atoms with E-state index in [-0.39, 0.29) is 5.75 Å². The molecule has 1 atom stereocenters. The van der Waals surface area contributed by atoms with Crippen LogP contribution in [0.3, 0.4) is 0 Å². The first kappa shape index (κ1) is 13.6. The van der Waals surface area contributed by atoms with E-state index in [0.717, 1.165) is 0 Å². The number of carboxylic acids is 1. The van der Waals surface area contributed by atoms with Crippen LogP contribution < -0.4 is 0 Å². The minimum atomic E-state index is -3.71. The Kier molecular flexibility index (Phi) is 4.22. The molecule has 6 heteroatoms. The lowest BCUT2D eigenvalue weighted by molar-refractivity contribution is -0.137. The standard InChI is InChI=1S/C11H15NO4S/c1-8(2)10(11(13)14)17(15,16)7-9-4-3-5-12-6-9/h3-6,8,10H,7H2,1-2H3,(H,13,14). The molecule has 0 aliphatic rings. The van der Waals surface area contributed by atoms with E-state index in [4.69, 9.17) is 5.11 Å². The maximum Gasteiger partial charge on any atom is 0.322 e. The number of aliphatic carboxylic acids is 1. The Labute approximate surface area is 100 Å². The molecule has 0 spiro atoms. The van der Waals surface area contributed by atoms with Gasteiger partial charge in [0.05, 0.1) is 5.75 Å². The molecule has 94 valence electrons. The molecule has 0 saturated heterocycles. The summed E-state index contributed by atoms with van der Waals surface area (Å²) in [5.41, 5.74) is 0.499. The average molecular weight is 257 g/mol. The Balaban J connectivity index is 2.99. The van der Waals surface area contributed by atoms with Gasteiger partial charge in [0.1, 0.15) is 0 Å². The monoisotopic (exact) mass is 257 g/mol. The van der Waals surface area contributed by atoms with Crippen LogP contribution in [0.1, 0.15) is 19.4 Å². The second-order valence-electron chi connectivity index (χ2n) is 4.17. The van der Waals surface area contributed by atoms with Crippen LogP contribution in [0.25, 0.3) is 0 Å². The molecule has 1 unspecified atom stereocenters. The molecule has 1 rings (SSSR count). The minimum Gasteiger partial charge on any atom is -0.480 e. The van der Waals surface area contributed by atoms with Crippen molar-refractivity contribution in [1.82, 2.24) is 4.98 Å². The third-order valence-electron chi connectivity index (χ3n) is 2.33. The van der Waals surface area contributed by atoms with E-state index in [1.165, 1.54) is 12.4 Å². The fourth-order valence-electron chi connectivity index (χ4n) is 1.66. The van der Waals surface area contributed by atoms with Crippen molar-refractivity contribution in [2.24, 2.45) is 5.92 Å². The largest absolute Gasteiger partial charge is 0.480 e. The van der Waals surface area contributed by atoms with Gasteiger partial charge < -0.3 is 5.11 Å². The van der Waals surface area contributed by atoms with E-state index in [0.29, 0.717) is 5.56 Å². The first-order valence-electron chi connectivity index (χ1n) is 5.18. The summed E-state index contributed by atoms with van der Waals surface area (Å²) in [5, 5.41) is 7.59. The smallest absolute Gasteiger partial charge is 0.322 e. The van der Waals surface area contributed by atoms with Gasteiger partial charge in [-0.25, -0.2) is 8.42 Å². The maximum absolute atomic E-state index is 12.0. The van der Waals surface area contributed by atoms with E-state index in [2.05, 4.69) is 4.98 Å². The summed E-state index contributed by atoms with van der Waals surface area (Å²) in [7, 11) is -3.71. The highest BCUT2D eigenvalue weighted by atomic mass is 32.2. The quantitative estimate of drug-likeness (QED) is 0.854. The number of sulfone groups is 1. The van der Waals surface area contributed by atoms with Crippen LogP contribution in [0.5, 0.6) is 0 Å². The number of rotatable bonds is 5. The number of pyridine rings is 1. The number of aromatic nitrogens is 1. The van der Waals surface area contributed by atoms with Crippen molar-refractivity contribution in [3.8, 4) is 0 Å². The molecule has 0 aliphatic heterocycles. The molecule has 0 radical (unpaired) electrons. The first-order valence-corrected chi connectivity index (χ1v) is 6.89.